The first-order valence-corrected chi connectivity index (χ1v) is 8.27. The van der Waals surface area contributed by atoms with Crippen molar-refractivity contribution in [3.05, 3.63) is 0 Å². The first-order valence-electron chi connectivity index (χ1n) is 8.27. The molecule has 0 aromatic carbocycles. The van der Waals surface area contributed by atoms with Crippen LogP contribution in [0.3, 0.4) is 0 Å². The predicted molar refractivity (Wildman–Crippen MR) is 75.2 cm³/mol. The largest absolute Gasteiger partial charge is 0.380 e. The standard InChI is InChI=1S/C16H26O5/c1-3-15(7-18-8-15)13-11(20-13)5-17-6-12-14(21-12)16(4-2)9-19-10-16/h11-14H,3-10H2,1-2H3. The molecule has 0 aromatic heterocycles. The SMILES string of the molecule is CCC1(C2OC2COCC2OC2C2(CC)COC2)COC1. The molecule has 0 bridgehead atoms. The highest BCUT2D eigenvalue weighted by atomic mass is 16.6. The Balaban J connectivity index is 1.16. The molecule has 0 radical (unpaired) electrons. The van der Waals surface area contributed by atoms with Gasteiger partial charge >= 0.3 is 0 Å². The molecule has 4 saturated heterocycles. The van der Waals surface area contributed by atoms with Crippen LogP contribution in [0.4, 0.5) is 0 Å². The number of hydrogen-bond acceptors (Lipinski definition) is 5. The smallest absolute Gasteiger partial charge is 0.108 e. The van der Waals surface area contributed by atoms with E-state index in [0.29, 0.717) is 25.4 Å². The van der Waals surface area contributed by atoms with Gasteiger partial charge in [0.2, 0.25) is 0 Å². The van der Waals surface area contributed by atoms with Gasteiger partial charge in [0, 0.05) is 10.8 Å². The molecule has 4 unspecified atom stereocenters. The Kier molecular flexibility index (Phi) is 3.54. The lowest BCUT2D eigenvalue weighted by Gasteiger charge is -2.39. The van der Waals surface area contributed by atoms with Crippen LogP contribution < -0.4 is 0 Å². The van der Waals surface area contributed by atoms with E-state index in [1.54, 1.807) is 0 Å². The summed E-state index contributed by atoms with van der Waals surface area (Å²) >= 11 is 0. The van der Waals surface area contributed by atoms with Gasteiger partial charge in [-0.25, -0.2) is 0 Å². The molecule has 4 heterocycles. The van der Waals surface area contributed by atoms with Crippen molar-refractivity contribution in [1.29, 1.82) is 0 Å². The maximum atomic E-state index is 5.83. The Labute approximate surface area is 126 Å². The molecule has 4 fully saturated rings. The van der Waals surface area contributed by atoms with Crippen molar-refractivity contribution in [3.63, 3.8) is 0 Å². The second kappa shape index (κ2) is 5.17. The molecule has 5 heteroatoms. The van der Waals surface area contributed by atoms with Crippen molar-refractivity contribution >= 4 is 0 Å². The van der Waals surface area contributed by atoms with Gasteiger partial charge in [0.1, 0.15) is 12.2 Å². The predicted octanol–water partition coefficient (Wildman–Crippen LogP) is 1.39. The van der Waals surface area contributed by atoms with E-state index < -0.39 is 0 Å². The average molecular weight is 298 g/mol. The fourth-order valence-electron chi connectivity index (χ4n) is 3.78. The molecular weight excluding hydrogens is 272 g/mol. The first kappa shape index (κ1) is 14.4. The summed E-state index contributed by atoms with van der Waals surface area (Å²) in [6.45, 7) is 9.19. The van der Waals surface area contributed by atoms with Crippen LogP contribution in [0.2, 0.25) is 0 Å². The second-order valence-electron chi connectivity index (χ2n) is 7.15. The van der Waals surface area contributed by atoms with E-state index >= 15 is 0 Å². The molecule has 0 saturated carbocycles. The summed E-state index contributed by atoms with van der Waals surface area (Å²) in [6, 6.07) is 0. The topological polar surface area (TPSA) is 52.8 Å². The molecule has 0 aromatic rings. The number of epoxide rings is 2. The summed E-state index contributed by atoms with van der Waals surface area (Å²) in [5, 5.41) is 0. The van der Waals surface area contributed by atoms with Gasteiger partial charge in [-0.05, 0) is 12.8 Å². The third kappa shape index (κ3) is 2.34. The van der Waals surface area contributed by atoms with Crippen molar-refractivity contribution < 1.29 is 23.7 Å². The Bertz CT molecular complexity index is 343. The lowest BCUT2D eigenvalue weighted by Crippen LogP contribution is -2.47. The summed E-state index contributed by atoms with van der Waals surface area (Å²) in [7, 11) is 0. The average Bonchev–Trinajstić information content (AvgIpc) is 3.27. The molecule has 4 rings (SSSR count). The van der Waals surface area contributed by atoms with Crippen molar-refractivity contribution in [1.82, 2.24) is 0 Å². The zero-order chi connectivity index (χ0) is 14.5. The second-order valence-corrected chi connectivity index (χ2v) is 7.15. The van der Waals surface area contributed by atoms with Gasteiger partial charge in [-0.15, -0.1) is 0 Å². The number of rotatable bonds is 8. The molecular formula is C16H26O5. The Morgan fingerprint density at radius 2 is 1.24 bits per heavy atom. The van der Waals surface area contributed by atoms with Crippen LogP contribution in [0.15, 0.2) is 0 Å². The third-order valence-electron chi connectivity index (χ3n) is 5.90. The van der Waals surface area contributed by atoms with E-state index in [-0.39, 0.29) is 23.0 Å². The van der Waals surface area contributed by atoms with Crippen LogP contribution in [0, 0.1) is 10.8 Å². The summed E-state index contributed by atoms with van der Waals surface area (Å²) in [6.07, 6.45) is 3.46. The normalized spacial score (nSPS) is 42.0. The molecule has 5 nitrogen and oxygen atoms in total. The Hall–Kier alpha value is -0.200. The molecule has 0 aliphatic carbocycles. The van der Waals surface area contributed by atoms with Crippen molar-refractivity contribution in [2.24, 2.45) is 10.8 Å². The van der Waals surface area contributed by atoms with Crippen LogP contribution in [0.1, 0.15) is 26.7 Å². The van der Waals surface area contributed by atoms with Gasteiger partial charge in [-0.3, -0.25) is 0 Å². The summed E-state index contributed by atoms with van der Waals surface area (Å²) in [5.74, 6) is 0. The summed E-state index contributed by atoms with van der Waals surface area (Å²) in [5.41, 5.74) is 0.532. The van der Waals surface area contributed by atoms with Crippen LogP contribution >= 0.6 is 0 Å². The van der Waals surface area contributed by atoms with E-state index in [9.17, 15) is 0 Å². The minimum Gasteiger partial charge on any atom is -0.380 e. The zero-order valence-electron chi connectivity index (χ0n) is 13.0. The molecule has 4 aliphatic heterocycles. The van der Waals surface area contributed by atoms with E-state index in [1.165, 1.54) is 0 Å². The van der Waals surface area contributed by atoms with E-state index in [4.69, 9.17) is 23.7 Å². The van der Waals surface area contributed by atoms with Crippen molar-refractivity contribution in [3.8, 4) is 0 Å². The van der Waals surface area contributed by atoms with Crippen LogP contribution in [-0.4, -0.2) is 64.1 Å². The van der Waals surface area contributed by atoms with E-state index in [1.807, 2.05) is 0 Å². The fourth-order valence-corrected chi connectivity index (χ4v) is 3.78. The molecule has 21 heavy (non-hydrogen) atoms. The highest BCUT2D eigenvalue weighted by Crippen LogP contribution is 2.48. The lowest BCUT2D eigenvalue weighted by atomic mass is 9.78. The Morgan fingerprint density at radius 3 is 1.52 bits per heavy atom. The first-order chi connectivity index (χ1) is 10.2. The van der Waals surface area contributed by atoms with Crippen LogP contribution in [0.5, 0.6) is 0 Å². The maximum Gasteiger partial charge on any atom is 0.108 e. The summed E-state index contributed by atoms with van der Waals surface area (Å²) < 4.78 is 28.1. The molecule has 4 aliphatic rings. The third-order valence-corrected chi connectivity index (χ3v) is 5.90. The van der Waals surface area contributed by atoms with E-state index in [2.05, 4.69) is 13.8 Å². The number of hydrogen-bond donors (Lipinski definition) is 0. The summed E-state index contributed by atoms with van der Waals surface area (Å²) in [4.78, 5) is 0. The monoisotopic (exact) mass is 298 g/mol. The molecule has 120 valence electrons. The molecule has 0 N–H and O–H groups in total. The van der Waals surface area contributed by atoms with Crippen molar-refractivity contribution in [2.75, 3.05) is 39.6 Å². The number of ether oxygens (including phenoxy) is 5. The van der Waals surface area contributed by atoms with Crippen LogP contribution in [0.25, 0.3) is 0 Å². The minimum absolute atomic E-state index is 0.262. The lowest BCUT2D eigenvalue weighted by molar-refractivity contribution is -0.128. The van der Waals surface area contributed by atoms with Gasteiger partial charge in [-0.1, -0.05) is 13.8 Å². The van der Waals surface area contributed by atoms with Gasteiger partial charge < -0.3 is 23.7 Å². The highest BCUT2D eigenvalue weighted by Gasteiger charge is 2.59. The quantitative estimate of drug-likeness (QED) is 0.634. The zero-order valence-corrected chi connectivity index (χ0v) is 13.0. The Morgan fingerprint density at radius 1 is 0.810 bits per heavy atom. The van der Waals surface area contributed by atoms with Crippen molar-refractivity contribution in [2.45, 2.75) is 51.1 Å². The minimum atomic E-state index is 0.262. The van der Waals surface area contributed by atoms with Gasteiger partial charge in [-0.2, -0.15) is 0 Å². The van der Waals surface area contributed by atoms with E-state index in [0.717, 1.165) is 39.3 Å². The molecule has 0 amide bonds. The highest BCUT2D eigenvalue weighted by molar-refractivity contribution is 5.05. The molecule has 4 atom stereocenters. The van der Waals surface area contributed by atoms with Gasteiger partial charge in [0.25, 0.3) is 0 Å². The van der Waals surface area contributed by atoms with Gasteiger partial charge in [0.15, 0.2) is 0 Å². The fraction of sp³-hybridized carbons (Fsp3) is 1.00. The maximum absolute atomic E-state index is 5.83. The van der Waals surface area contributed by atoms with Crippen LogP contribution in [-0.2, 0) is 23.7 Å². The molecule has 0 spiro atoms. The van der Waals surface area contributed by atoms with Gasteiger partial charge in [0.05, 0.1) is 51.8 Å².